The van der Waals surface area contributed by atoms with Crippen LogP contribution in [0.4, 0.5) is 10.5 Å². The zero-order chi connectivity index (χ0) is 16.7. The number of piperidine rings is 1. The maximum Gasteiger partial charge on any atom is 0.319 e. The average Bonchev–Trinajstić information content (AvgIpc) is 2.55. The number of carbonyl (C=O) groups is 2. The number of hydrogen-bond donors (Lipinski definition) is 2. The van der Waals surface area contributed by atoms with Gasteiger partial charge in [-0.05, 0) is 43.0 Å². The highest BCUT2D eigenvalue weighted by atomic mass is 16.5. The summed E-state index contributed by atoms with van der Waals surface area (Å²) >= 11 is 0. The lowest BCUT2D eigenvalue weighted by atomic mass is 10.00. The Balaban J connectivity index is 1.68. The number of methoxy groups -OCH3 is 1. The predicted octanol–water partition coefficient (Wildman–Crippen LogP) is 2.47. The molecule has 1 fully saturated rings. The molecule has 1 heterocycles. The molecule has 0 radical (unpaired) electrons. The van der Waals surface area contributed by atoms with E-state index in [9.17, 15) is 9.59 Å². The number of amides is 3. The number of rotatable bonds is 5. The highest BCUT2D eigenvalue weighted by Gasteiger charge is 2.20. The molecule has 2 rings (SSSR count). The van der Waals surface area contributed by atoms with Gasteiger partial charge in [-0.15, -0.1) is 0 Å². The van der Waals surface area contributed by atoms with Gasteiger partial charge < -0.3 is 20.3 Å². The summed E-state index contributed by atoms with van der Waals surface area (Å²) in [6.07, 6.45) is 2.59. The van der Waals surface area contributed by atoms with Crippen LogP contribution in [0.15, 0.2) is 24.3 Å². The molecule has 1 unspecified atom stereocenters. The number of urea groups is 1. The van der Waals surface area contributed by atoms with E-state index in [2.05, 4.69) is 17.6 Å². The molecule has 1 aromatic rings. The molecule has 0 aliphatic carbocycles. The quantitative estimate of drug-likeness (QED) is 0.876. The first-order valence-electron chi connectivity index (χ1n) is 8.05. The molecule has 1 aromatic carbocycles. The monoisotopic (exact) mass is 319 g/mol. The van der Waals surface area contributed by atoms with E-state index in [1.807, 2.05) is 4.90 Å². The lowest BCUT2D eigenvalue weighted by molar-refractivity contribution is -0.132. The molecule has 1 saturated heterocycles. The first kappa shape index (κ1) is 17.1. The molecule has 0 spiro atoms. The fourth-order valence-electron chi connectivity index (χ4n) is 2.71. The van der Waals surface area contributed by atoms with Gasteiger partial charge in [-0.1, -0.05) is 6.92 Å². The van der Waals surface area contributed by atoms with Gasteiger partial charge in [0.2, 0.25) is 5.91 Å². The van der Waals surface area contributed by atoms with Gasteiger partial charge in [0.25, 0.3) is 0 Å². The molecule has 1 aliphatic rings. The number of nitrogens with one attached hydrogen (secondary N) is 2. The fourth-order valence-corrected chi connectivity index (χ4v) is 2.71. The molecular weight excluding hydrogens is 294 g/mol. The van der Waals surface area contributed by atoms with Crippen LogP contribution in [0.1, 0.15) is 26.2 Å². The SMILES string of the molecule is COc1ccc(NC(=O)NCCC(=O)N2CCCC(C)C2)cc1. The summed E-state index contributed by atoms with van der Waals surface area (Å²) in [6.45, 7) is 4.17. The van der Waals surface area contributed by atoms with E-state index >= 15 is 0 Å². The van der Waals surface area contributed by atoms with Gasteiger partial charge >= 0.3 is 6.03 Å². The van der Waals surface area contributed by atoms with Gasteiger partial charge in [0.05, 0.1) is 7.11 Å². The molecule has 6 heteroatoms. The Labute approximate surface area is 137 Å². The molecule has 1 atom stereocenters. The number of likely N-dealkylation sites (tertiary alicyclic amines) is 1. The van der Waals surface area contributed by atoms with E-state index in [4.69, 9.17) is 4.74 Å². The number of carbonyl (C=O) groups excluding carboxylic acids is 2. The minimum atomic E-state index is -0.310. The highest BCUT2D eigenvalue weighted by Crippen LogP contribution is 2.16. The Kier molecular flexibility index (Phi) is 6.26. The van der Waals surface area contributed by atoms with Gasteiger partial charge in [0, 0.05) is 31.7 Å². The normalized spacial score (nSPS) is 17.5. The number of hydrogen-bond acceptors (Lipinski definition) is 3. The first-order valence-corrected chi connectivity index (χ1v) is 8.05. The van der Waals surface area contributed by atoms with Crippen LogP contribution >= 0.6 is 0 Å². The van der Waals surface area contributed by atoms with Crippen LogP contribution in [0.2, 0.25) is 0 Å². The van der Waals surface area contributed by atoms with Crippen molar-refractivity contribution < 1.29 is 14.3 Å². The molecule has 3 amide bonds. The summed E-state index contributed by atoms with van der Waals surface area (Å²) in [4.78, 5) is 25.8. The molecular formula is C17H25N3O3. The molecule has 0 bridgehead atoms. The van der Waals surface area contributed by atoms with Crippen molar-refractivity contribution >= 4 is 17.6 Å². The molecule has 126 valence electrons. The second-order valence-corrected chi connectivity index (χ2v) is 5.95. The number of anilines is 1. The van der Waals surface area contributed by atoms with Crippen LogP contribution in [0.3, 0.4) is 0 Å². The molecule has 2 N–H and O–H groups in total. The van der Waals surface area contributed by atoms with Crippen molar-refractivity contribution in [3.8, 4) is 5.75 Å². The van der Waals surface area contributed by atoms with Gasteiger partial charge in [-0.2, -0.15) is 0 Å². The summed E-state index contributed by atoms with van der Waals surface area (Å²) in [5, 5.41) is 5.44. The van der Waals surface area contributed by atoms with E-state index in [0.29, 0.717) is 24.6 Å². The number of ether oxygens (including phenoxy) is 1. The number of benzene rings is 1. The molecule has 0 aromatic heterocycles. The van der Waals surface area contributed by atoms with E-state index in [1.54, 1.807) is 31.4 Å². The van der Waals surface area contributed by atoms with E-state index in [1.165, 1.54) is 6.42 Å². The van der Waals surface area contributed by atoms with Gasteiger partial charge in [0.15, 0.2) is 0 Å². The standard InChI is InChI=1S/C17H25N3O3/c1-13-4-3-11-20(12-13)16(21)9-10-18-17(22)19-14-5-7-15(23-2)8-6-14/h5-8,13H,3-4,9-12H2,1-2H3,(H2,18,19,22). The van der Waals surface area contributed by atoms with Crippen molar-refractivity contribution in [1.82, 2.24) is 10.2 Å². The van der Waals surface area contributed by atoms with Crippen LogP contribution in [0.25, 0.3) is 0 Å². The van der Waals surface area contributed by atoms with E-state index in [-0.39, 0.29) is 11.9 Å². The van der Waals surface area contributed by atoms with Crippen molar-refractivity contribution in [3.05, 3.63) is 24.3 Å². The molecule has 0 saturated carbocycles. The minimum absolute atomic E-state index is 0.112. The maximum absolute atomic E-state index is 12.1. The van der Waals surface area contributed by atoms with Crippen LogP contribution in [-0.2, 0) is 4.79 Å². The fraction of sp³-hybridized carbons (Fsp3) is 0.529. The first-order chi connectivity index (χ1) is 11.1. The smallest absolute Gasteiger partial charge is 0.319 e. The van der Waals surface area contributed by atoms with Crippen LogP contribution < -0.4 is 15.4 Å². The Morgan fingerprint density at radius 3 is 2.70 bits per heavy atom. The minimum Gasteiger partial charge on any atom is -0.497 e. The van der Waals surface area contributed by atoms with Gasteiger partial charge in [-0.3, -0.25) is 4.79 Å². The zero-order valence-corrected chi connectivity index (χ0v) is 13.8. The van der Waals surface area contributed by atoms with Crippen molar-refractivity contribution in [2.24, 2.45) is 5.92 Å². The largest absolute Gasteiger partial charge is 0.497 e. The van der Waals surface area contributed by atoms with Crippen molar-refractivity contribution in [2.75, 3.05) is 32.1 Å². The van der Waals surface area contributed by atoms with E-state index < -0.39 is 0 Å². The summed E-state index contributed by atoms with van der Waals surface area (Å²) in [5.41, 5.74) is 0.680. The second-order valence-electron chi connectivity index (χ2n) is 5.95. The van der Waals surface area contributed by atoms with Gasteiger partial charge in [0.1, 0.15) is 5.75 Å². The summed E-state index contributed by atoms with van der Waals surface area (Å²) in [5.74, 6) is 1.41. The van der Waals surface area contributed by atoms with Crippen LogP contribution in [0.5, 0.6) is 5.75 Å². The van der Waals surface area contributed by atoms with Crippen LogP contribution in [0, 0.1) is 5.92 Å². The molecule has 23 heavy (non-hydrogen) atoms. The Bertz CT molecular complexity index is 530. The Morgan fingerprint density at radius 2 is 2.04 bits per heavy atom. The molecule has 1 aliphatic heterocycles. The second kappa shape index (κ2) is 8.41. The Hall–Kier alpha value is -2.24. The van der Waals surface area contributed by atoms with Crippen LogP contribution in [-0.4, -0.2) is 43.6 Å². The lowest BCUT2D eigenvalue weighted by Gasteiger charge is -2.31. The Morgan fingerprint density at radius 1 is 1.30 bits per heavy atom. The summed E-state index contributed by atoms with van der Waals surface area (Å²) in [7, 11) is 1.59. The highest BCUT2D eigenvalue weighted by molar-refractivity contribution is 5.89. The van der Waals surface area contributed by atoms with Crippen molar-refractivity contribution in [1.29, 1.82) is 0 Å². The average molecular weight is 319 g/mol. The third-order valence-corrected chi connectivity index (χ3v) is 3.98. The third kappa shape index (κ3) is 5.47. The van der Waals surface area contributed by atoms with E-state index in [0.717, 1.165) is 25.3 Å². The summed E-state index contributed by atoms with van der Waals surface area (Å²) < 4.78 is 5.06. The topological polar surface area (TPSA) is 70.7 Å². The summed E-state index contributed by atoms with van der Waals surface area (Å²) in [6, 6.07) is 6.76. The van der Waals surface area contributed by atoms with Gasteiger partial charge in [-0.25, -0.2) is 4.79 Å². The lowest BCUT2D eigenvalue weighted by Crippen LogP contribution is -2.41. The van der Waals surface area contributed by atoms with Crippen molar-refractivity contribution in [2.45, 2.75) is 26.2 Å². The third-order valence-electron chi connectivity index (χ3n) is 3.98. The molecule has 6 nitrogen and oxygen atoms in total. The van der Waals surface area contributed by atoms with Crippen molar-refractivity contribution in [3.63, 3.8) is 0 Å². The zero-order valence-electron chi connectivity index (χ0n) is 13.8. The predicted molar refractivity (Wildman–Crippen MR) is 89.6 cm³/mol. The number of nitrogens with zero attached hydrogens (tertiary/aromatic N) is 1. The maximum atomic E-state index is 12.1.